The highest BCUT2D eigenvalue weighted by molar-refractivity contribution is 9.10. The average molecular weight is 323 g/mol. The van der Waals surface area contributed by atoms with Gasteiger partial charge in [0.2, 0.25) is 0 Å². The van der Waals surface area contributed by atoms with Crippen LogP contribution in [0.4, 0.5) is 5.69 Å². The minimum absolute atomic E-state index is 0.917. The molecule has 0 radical (unpaired) electrons. The maximum atomic E-state index is 3.56. The lowest BCUT2D eigenvalue weighted by molar-refractivity contribution is 0.700. The van der Waals surface area contributed by atoms with E-state index in [9.17, 15) is 0 Å². The predicted octanol–water partition coefficient (Wildman–Crippen LogP) is 3.77. The molecule has 4 heteroatoms. The molecule has 3 rings (SSSR count). The van der Waals surface area contributed by atoms with Crippen LogP contribution in [0.1, 0.15) is 16.0 Å². The zero-order valence-electron chi connectivity index (χ0n) is 10.0. The maximum Gasteiger partial charge on any atom is 0.0419 e. The van der Waals surface area contributed by atoms with Crippen molar-refractivity contribution < 1.29 is 0 Å². The first-order chi connectivity index (χ1) is 8.84. The molecular formula is C14H15BrN2S. The highest BCUT2D eigenvalue weighted by Crippen LogP contribution is 2.27. The highest BCUT2D eigenvalue weighted by Gasteiger charge is 2.13. The Balaban J connectivity index is 1.64. The van der Waals surface area contributed by atoms with Crippen molar-refractivity contribution in [3.05, 3.63) is 50.1 Å². The van der Waals surface area contributed by atoms with Crippen molar-refractivity contribution in [2.75, 3.05) is 11.9 Å². The van der Waals surface area contributed by atoms with Crippen LogP contribution in [0.25, 0.3) is 0 Å². The van der Waals surface area contributed by atoms with E-state index in [1.807, 2.05) is 0 Å². The lowest BCUT2D eigenvalue weighted by Gasteiger charge is -2.09. The molecule has 1 aliphatic rings. The van der Waals surface area contributed by atoms with Crippen LogP contribution >= 0.6 is 27.3 Å². The first-order valence-electron chi connectivity index (χ1n) is 6.12. The molecular weight excluding hydrogens is 308 g/mol. The standard InChI is InChI=1S/C14H15BrN2S/c15-12-5-7-18-13(12)9-16-8-11-3-1-2-10-4-6-17-14(10)11/h1-3,5,7,16-17H,4,6,8-9H2. The summed E-state index contributed by atoms with van der Waals surface area (Å²) in [5, 5.41) is 9.11. The van der Waals surface area contributed by atoms with E-state index in [0.29, 0.717) is 0 Å². The second kappa shape index (κ2) is 5.43. The van der Waals surface area contributed by atoms with Crippen LogP contribution < -0.4 is 10.6 Å². The summed E-state index contributed by atoms with van der Waals surface area (Å²) in [7, 11) is 0. The lowest BCUT2D eigenvalue weighted by atomic mass is 10.1. The van der Waals surface area contributed by atoms with Gasteiger partial charge in [-0.2, -0.15) is 0 Å². The predicted molar refractivity (Wildman–Crippen MR) is 81.2 cm³/mol. The van der Waals surface area contributed by atoms with Gasteiger partial charge in [-0.15, -0.1) is 11.3 Å². The minimum atomic E-state index is 0.917. The van der Waals surface area contributed by atoms with Crippen molar-refractivity contribution in [2.45, 2.75) is 19.5 Å². The normalized spacial score (nSPS) is 13.4. The molecule has 0 fully saturated rings. The fourth-order valence-electron chi connectivity index (χ4n) is 2.32. The number of nitrogens with one attached hydrogen (secondary N) is 2. The van der Waals surface area contributed by atoms with Crippen molar-refractivity contribution in [2.24, 2.45) is 0 Å². The molecule has 2 nitrogen and oxygen atoms in total. The van der Waals surface area contributed by atoms with Gasteiger partial charge in [0.05, 0.1) is 0 Å². The van der Waals surface area contributed by atoms with Crippen molar-refractivity contribution >= 4 is 33.0 Å². The first kappa shape index (κ1) is 12.2. The van der Waals surface area contributed by atoms with Crippen molar-refractivity contribution in [3.63, 3.8) is 0 Å². The number of para-hydroxylation sites is 1. The van der Waals surface area contributed by atoms with Crippen LogP contribution in [-0.2, 0) is 19.5 Å². The SMILES string of the molecule is Brc1ccsc1CNCc1cccc2c1NCC2. The van der Waals surface area contributed by atoms with Crippen molar-refractivity contribution in [1.29, 1.82) is 0 Å². The summed E-state index contributed by atoms with van der Waals surface area (Å²) in [6, 6.07) is 8.68. The molecule has 0 saturated carbocycles. The molecule has 0 bridgehead atoms. The van der Waals surface area contributed by atoms with Crippen LogP contribution in [0.5, 0.6) is 0 Å². The van der Waals surface area contributed by atoms with Crippen molar-refractivity contribution in [1.82, 2.24) is 5.32 Å². The molecule has 0 aliphatic carbocycles. The van der Waals surface area contributed by atoms with E-state index in [1.165, 1.54) is 26.2 Å². The number of hydrogen-bond acceptors (Lipinski definition) is 3. The average Bonchev–Trinajstić information content (AvgIpc) is 2.99. The maximum absolute atomic E-state index is 3.56. The summed E-state index contributed by atoms with van der Waals surface area (Å²) in [6.45, 7) is 2.91. The molecule has 2 heterocycles. The van der Waals surface area contributed by atoms with Gasteiger partial charge >= 0.3 is 0 Å². The monoisotopic (exact) mass is 322 g/mol. The van der Waals surface area contributed by atoms with E-state index in [2.05, 4.69) is 56.2 Å². The minimum Gasteiger partial charge on any atom is -0.384 e. The molecule has 1 aromatic carbocycles. The van der Waals surface area contributed by atoms with Gasteiger partial charge in [-0.25, -0.2) is 0 Å². The summed E-state index contributed by atoms with van der Waals surface area (Å²) in [4.78, 5) is 1.36. The fraction of sp³-hybridized carbons (Fsp3) is 0.286. The third-order valence-corrected chi connectivity index (χ3v) is 5.15. The van der Waals surface area contributed by atoms with E-state index in [4.69, 9.17) is 0 Å². The zero-order valence-corrected chi connectivity index (χ0v) is 12.4. The number of benzene rings is 1. The van der Waals surface area contributed by atoms with Gasteiger partial charge in [0.15, 0.2) is 0 Å². The number of thiophene rings is 1. The topological polar surface area (TPSA) is 24.1 Å². The summed E-state index contributed by atoms with van der Waals surface area (Å²) in [5.41, 5.74) is 4.17. The third-order valence-electron chi connectivity index (χ3n) is 3.23. The lowest BCUT2D eigenvalue weighted by Crippen LogP contribution is -2.13. The quantitative estimate of drug-likeness (QED) is 0.895. The first-order valence-corrected chi connectivity index (χ1v) is 7.79. The van der Waals surface area contributed by atoms with E-state index in [1.54, 1.807) is 11.3 Å². The smallest absolute Gasteiger partial charge is 0.0419 e. The van der Waals surface area contributed by atoms with Gasteiger partial charge in [-0.3, -0.25) is 0 Å². The Morgan fingerprint density at radius 2 is 2.22 bits per heavy atom. The molecule has 94 valence electrons. The molecule has 0 unspecified atom stereocenters. The highest BCUT2D eigenvalue weighted by atomic mass is 79.9. The second-order valence-electron chi connectivity index (χ2n) is 4.42. The van der Waals surface area contributed by atoms with E-state index < -0.39 is 0 Å². The molecule has 1 aliphatic heterocycles. The summed E-state index contributed by atoms with van der Waals surface area (Å²) in [6.07, 6.45) is 1.15. The van der Waals surface area contributed by atoms with Gasteiger partial charge in [0.25, 0.3) is 0 Å². The number of fused-ring (bicyclic) bond motifs is 1. The Labute approximate surface area is 120 Å². The Bertz CT molecular complexity index is 550. The van der Waals surface area contributed by atoms with Gasteiger partial charge in [-0.1, -0.05) is 18.2 Å². The summed E-state index contributed by atoms with van der Waals surface area (Å²) in [5.74, 6) is 0. The molecule has 0 saturated heterocycles. The number of halogens is 1. The Kier molecular flexibility index (Phi) is 3.68. The van der Waals surface area contributed by atoms with Crippen LogP contribution in [-0.4, -0.2) is 6.54 Å². The van der Waals surface area contributed by atoms with E-state index in [0.717, 1.165) is 26.1 Å². The largest absolute Gasteiger partial charge is 0.384 e. The summed E-state index contributed by atoms with van der Waals surface area (Å²) >= 11 is 5.35. The van der Waals surface area contributed by atoms with E-state index >= 15 is 0 Å². The third kappa shape index (κ3) is 2.46. The molecule has 1 aromatic heterocycles. The molecule has 2 N–H and O–H groups in total. The number of rotatable bonds is 4. The van der Waals surface area contributed by atoms with E-state index in [-0.39, 0.29) is 0 Å². The second-order valence-corrected chi connectivity index (χ2v) is 6.28. The van der Waals surface area contributed by atoms with Crippen LogP contribution in [0.15, 0.2) is 34.1 Å². The molecule has 0 atom stereocenters. The Morgan fingerprint density at radius 1 is 1.28 bits per heavy atom. The van der Waals surface area contributed by atoms with Crippen LogP contribution in [0, 0.1) is 0 Å². The Hall–Kier alpha value is -0.840. The molecule has 0 spiro atoms. The zero-order chi connectivity index (χ0) is 12.4. The van der Waals surface area contributed by atoms with Gasteiger partial charge < -0.3 is 10.6 Å². The van der Waals surface area contributed by atoms with Crippen LogP contribution in [0.3, 0.4) is 0 Å². The van der Waals surface area contributed by atoms with Gasteiger partial charge in [-0.05, 0) is 44.9 Å². The molecule has 18 heavy (non-hydrogen) atoms. The van der Waals surface area contributed by atoms with Crippen LogP contribution in [0.2, 0.25) is 0 Å². The summed E-state index contributed by atoms with van der Waals surface area (Å²) < 4.78 is 1.21. The number of hydrogen-bond donors (Lipinski definition) is 2. The van der Waals surface area contributed by atoms with Gasteiger partial charge in [0.1, 0.15) is 0 Å². The molecule has 0 amide bonds. The Morgan fingerprint density at radius 3 is 3.06 bits per heavy atom. The molecule has 2 aromatic rings. The number of anilines is 1. The van der Waals surface area contributed by atoms with Gasteiger partial charge in [0, 0.05) is 34.7 Å². The van der Waals surface area contributed by atoms with Crippen molar-refractivity contribution in [3.8, 4) is 0 Å². The fourth-order valence-corrected chi connectivity index (χ4v) is 3.78.